The number of nitrogens with zero attached hydrogens (tertiary/aromatic N) is 2. The molecule has 0 aliphatic rings. The van der Waals surface area contributed by atoms with Gasteiger partial charge in [-0.3, -0.25) is 9.48 Å². The van der Waals surface area contributed by atoms with E-state index in [1.165, 1.54) is 29.1 Å². The van der Waals surface area contributed by atoms with Crippen molar-refractivity contribution in [3.05, 3.63) is 47.8 Å². The molecule has 0 radical (unpaired) electrons. The summed E-state index contributed by atoms with van der Waals surface area (Å²) in [5, 5.41) is 16.1. The van der Waals surface area contributed by atoms with Crippen LogP contribution >= 0.6 is 0 Å². The van der Waals surface area contributed by atoms with Crippen molar-refractivity contribution in [3.63, 3.8) is 0 Å². The number of alkyl halides is 3. The maximum atomic E-state index is 12.4. The molecule has 0 aliphatic heterocycles. The van der Waals surface area contributed by atoms with E-state index in [1.54, 1.807) is 7.05 Å². The number of carbonyl (C=O) groups excluding carboxylic acids is 1. The van der Waals surface area contributed by atoms with Gasteiger partial charge in [-0.15, -0.1) is 0 Å². The Hall–Kier alpha value is -2.55. The van der Waals surface area contributed by atoms with E-state index in [0.717, 1.165) is 12.1 Å². The van der Waals surface area contributed by atoms with Gasteiger partial charge in [-0.1, -0.05) is 0 Å². The lowest BCUT2D eigenvalue weighted by atomic mass is 10.2. The number of amides is 1. The molecule has 24 heavy (non-hydrogen) atoms. The van der Waals surface area contributed by atoms with Gasteiger partial charge in [-0.05, 0) is 30.3 Å². The van der Waals surface area contributed by atoms with Crippen LogP contribution in [0, 0.1) is 0 Å². The standard InChI is InChI=1S/C15H16F3N3O3/c1-21-13(6-7-20-21)14(23)19-8-11(22)9-24-12-4-2-10(3-5-12)15(16,17)18/h2-7,11,22H,8-9H2,1H3,(H,19,23). The van der Waals surface area contributed by atoms with Crippen LogP contribution < -0.4 is 10.1 Å². The second kappa shape index (κ2) is 7.35. The second-order valence-electron chi connectivity index (χ2n) is 5.04. The minimum Gasteiger partial charge on any atom is -0.491 e. The number of benzene rings is 1. The first-order valence-electron chi connectivity index (χ1n) is 7.01. The molecule has 1 aromatic heterocycles. The molecule has 0 saturated carbocycles. The molecule has 2 rings (SSSR count). The van der Waals surface area contributed by atoms with Gasteiger partial charge >= 0.3 is 6.18 Å². The van der Waals surface area contributed by atoms with E-state index in [2.05, 4.69) is 10.4 Å². The third-order valence-electron chi connectivity index (χ3n) is 3.18. The van der Waals surface area contributed by atoms with Crippen molar-refractivity contribution in [2.24, 2.45) is 7.05 Å². The van der Waals surface area contributed by atoms with E-state index >= 15 is 0 Å². The predicted molar refractivity (Wildman–Crippen MR) is 78.5 cm³/mol. The number of hydrogen-bond donors (Lipinski definition) is 2. The number of aromatic nitrogens is 2. The zero-order chi connectivity index (χ0) is 17.7. The van der Waals surface area contributed by atoms with E-state index in [-0.39, 0.29) is 18.9 Å². The Morgan fingerprint density at radius 2 is 2.00 bits per heavy atom. The third-order valence-corrected chi connectivity index (χ3v) is 3.18. The van der Waals surface area contributed by atoms with E-state index in [4.69, 9.17) is 4.74 Å². The van der Waals surface area contributed by atoms with Crippen LogP contribution in [0.1, 0.15) is 16.1 Å². The first-order chi connectivity index (χ1) is 11.3. The van der Waals surface area contributed by atoms with Gasteiger partial charge in [-0.2, -0.15) is 18.3 Å². The van der Waals surface area contributed by atoms with Crippen LogP contribution in [0.25, 0.3) is 0 Å². The fourth-order valence-electron chi connectivity index (χ4n) is 1.89. The zero-order valence-corrected chi connectivity index (χ0v) is 12.7. The van der Waals surface area contributed by atoms with Crippen LogP contribution in [0.15, 0.2) is 36.5 Å². The topological polar surface area (TPSA) is 76.4 Å². The highest BCUT2D eigenvalue weighted by Gasteiger charge is 2.30. The number of aryl methyl sites for hydroxylation is 1. The molecule has 1 heterocycles. The van der Waals surface area contributed by atoms with Crippen LogP contribution in [0.3, 0.4) is 0 Å². The SMILES string of the molecule is Cn1nccc1C(=O)NCC(O)COc1ccc(C(F)(F)F)cc1. The molecule has 0 spiro atoms. The number of aliphatic hydroxyl groups excluding tert-OH is 1. The van der Waals surface area contributed by atoms with Gasteiger partial charge in [0.15, 0.2) is 0 Å². The number of ether oxygens (including phenoxy) is 1. The summed E-state index contributed by atoms with van der Waals surface area (Å²) in [6.45, 7) is -0.234. The summed E-state index contributed by atoms with van der Waals surface area (Å²) >= 11 is 0. The molecule has 0 bridgehead atoms. The van der Waals surface area contributed by atoms with Gasteiger partial charge in [0, 0.05) is 19.8 Å². The quantitative estimate of drug-likeness (QED) is 0.835. The molecule has 0 saturated heterocycles. The molecule has 2 N–H and O–H groups in total. The molecule has 1 unspecified atom stereocenters. The number of aliphatic hydroxyl groups is 1. The van der Waals surface area contributed by atoms with Crippen LogP contribution in [0.2, 0.25) is 0 Å². The van der Waals surface area contributed by atoms with E-state index in [9.17, 15) is 23.1 Å². The van der Waals surface area contributed by atoms with Crippen LogP contribution in [0.4, 0.5) is 13.2 Å². The highest BCUT2D eigenvalue weighted by Crippen LogP contribution is 2.30. The number of nitrogens with one attached hydrogen (secondary N) is 1. The number of rotatable bonds is 6. The van der Waals surface area contributed by atoms with E-state index in [0.29, 0.717) is 5.69 Å². The van der Waals surface area contributed by atoms with Crippen LogP contribution in [0.5, 0.6) is 5.75 Å². The van der Waals surface area contributed by atoms with Gasteiger partial charge in [-0.25, -0.2) is 0 Å². The number of halogens is 3. The largest absolute Gasteiger partial charge is 0.491 e. The van der Waals surface area contributed by atoms with Crippen molar-refractivity contribution in [1.82, 2.24) is 15.1 Å². The Kier molecular flexibility index (Phi) is 5.45. The monoisotopic (exact) mass is 343 g/mol. The maximum Gasteiger partial charge on any atom is 0.416 e. The Morgan fingerprint density at radius 3 is 2.54 bits per heavy atom. The van der Waals surface area contributed by atoms with Crippen LogP contribution in [-0.2, 0) is 13.2 Å². The molecule has 1 atom stereocenters. The normalized spacial score (nSPS) is 12.7. The van der Waals surface area contributed by atoms with Crippen molar-refractivity contribution in [3.8, 4) is 5.75 Å². The van der Waals surface area contributed by atoms with E-state index < -0.39 is 23.8 Å². The lowest BCUT2D eigenvalue weighted by Crippen LogP contribution is -2.36. The summed E-state index contributed by atoms with van der Waals surface area (Å²) in [6.07, 6.45) is -3.95. The average Bonchev–Trinajstić information content (AvgIpc) is 2.96. The van der Waals surface area contributed by atoms with Gasteiger partial charge in [0.2, 0.25) is 0 Å². The van der Waals surface area contributed by atoms with Crippen LogP contribution in [-0.4, -0.2) is 40.0 Å². The molecule has 0 fully saturated rings. The Balaban J connectivity index is 1.78. The Morgan fingerprint density at radius 1 is 1.33 bits per heavy atom. The summed E-state index contributed by atoms with van der Waals surface area (Å²) in [5.41, 5.74) is -0.440. The molecule has 0 aliphatic carbocycles. The van der Waals surface area contributed by atoms with E-state index in [1.807, 2.05) is 0 Å². The highest BCUT2D eigenvalue weighted by molar-refractivity contribution is 5.92. The minimum atomic E-state index is -4.41. The second-order valence-corrected chi connectivity index (χ2v) is 5.04. The maximum absolute atomic E-state index is 12.4. The smallest absolute Gasteiger partial charge is 0.416 e. The lowest BCUT2D eigenvalue weighted by molar-refractivity contribution is -0.137. The molecule has 1 aromatic carbocycles. The molecule has 6 nitrogen and oxygen atoms in total. The number of hydrogen-bond acceptors (Lipinski definition) is 4. The minimum absolute atomic E-state index is 0.0648. The van der Waals surface area contributed by atoms with Crippen molar-refractivity contribution >= 4 is 5.91 Å². The van der Waals surface area contributed by atoms with Gasteiger partial charge in [0.25, 0.3) is 5.91 Å². The third kappa shape index (κ3) is 4.72. The van der Waals surface area contributed by atoms with Crippen molar-refractivity contribution in [2.75, 3.05) is 13.2 Å². The summed E-state index contributed by atoms with van der Waals surface area (Å²) in [5.74, 6) is -0.205. The van der Waals surface area contributed by atoms with Gasteiger partial charge < -0.3 is 15.2 Å². The van der Waals surface area contributed by atoms with Crippen molar-refractivity contribution < 1.29 is 27.8 Å². The molecule has 1 amide bonds. The summed E-state index contributed by atoms with van der Waals surface area (Å²) < 4.78 is 43.9. The molecule has 2 aromatic rings. The average molecular weight is 343 g/mol. The highest BCUT2D eigenvalue weighted by atomic mass is 19.4. The predicted octanol–water partition coefficient (Wildman–Crippen LogP) is 1.61. The summed E-state index contributed by atoms with van der Waals surface area (Å²) in [4.78, 5) is 11.8. The Labute approximate surface area is 135 Å². The fourth-order valence-corrected chi connectivity index (χ4v) is 1.89. The van der Waals surface area contributed by atoms with Crippen molar-refractivity contribution in [2.45, 2.75) is 12.3 Å². The zero-order valence-electron chi connectivity index (χ0n) is 12.7. The lowest BCUT2D eigenvalue weighted by Gasteiger charge is -2.14. The molecule has 130 valence electrons. The molecular formula is C15H16F3N3O3. The van der Waals surface area contributed by atoms with Gasteiger partial charge in [0.05, 0.1) is 5.56 Å². The Bertz CT molecular complexity index is 683. The van der Waals surface area contributed by atoms with Crippen molar-refractivity contribution in [1.29, 1.82) is 0 Å². The first-order valence-corrected chi connectivity index (χ1v) is 7.01. The summed E-state index contributed by atoms with van der Waals surface area (Å²) in [6, 6.07) is 5.66. The molecule has 9 heteroatoms. The summed E-state index contributed by atoms with van der Waals surface area (Å²) in [7, 11) is 1.61. The number of carbonyl (C=O) groups is 1. The fraction of sp³-hybridized carbons (Fsp3) is 0.333. The molecular weight excluding hydrogens is 327 g/mol. The van der Waals surface area contributed by atoms with Gasteiger partial charge in [0.1, 0.15) is 24.2 Å². The first kappa shape index (κ1) is 17.8.